The van der Waals surface area contributed by atoms with Crippen molar-refractivity contribution in [2.24, 2.45) is 0 Å². The van der Waals surface area contributed by atoms with Crippen molar-refractivity contribution < 1.29 is 0 Å². The SMILES string of the molecule is Cc1ccc([C@@H](C)NCc2cccnc2)cc1. The monoisotopic (exact) mass is 226 g/mol. The predicted molar refractivity (Wildman–Crippen MR) is 70.7 cm³/mol. The number of benzene rings is 1. The fourth-order valence-corrected chi connectivity index (χ4v) is 1.75. The van der Waals surface area contributed by atoms with E-state index in [0.717, 1.165) is 6.54 Å². The second kappa shape index (κ2) is 5.60. The Hall–Kier alpha value is -1.67. The van der Waals surface area contributed by atoms with Gasteiger partial charge in [0.15, 0.2) is 0 Å². The van der Waals surface area contributed by atoms with Gasteiger partial charge in [-0.1, -0.05) is 35.9 Å². The number of pyridine rings is 1. The van der Waals surface area contributed by atoms with Gasteiger partial charge in [0, 0.05) is 25.0 Å². The Bertz CT molecular complexity index is 448. The molecule has 0 fully saturated rings. The molecule has 0 aliphatic rings. The summed E-state index contributed by atoms with van der Waals surface area (Å²) in [5.74, 6) is 0. The lowest BCUT2D eigenvalue weighted by atomic mass is 10.1. The zero-order valence-electron chi connectivity index (χ0n) is 10.4. The van der Waals surface area contributed by atoms with Crippen molar-refractivity contribution in [1.82, 2.24) is 10.3 Å². The molecule has 0 aliphatic heterocycles. The van der Waals surface area contributed by atoms with E-state index in [4.69, 9.17) is 0 Å². The fraction of sp³-hybridized carbons (Fsp3) is 0.267. The van der Waals surface area contributed by atoms with Crippen LogP contribution in [0.4, 0.5) is 0 Å². The van der Waals surface area contributed by atoms with E-state index in [1.165, 1.54) is 16.7 Å². The van der Waals surface area contributed by atoms with Gasteiger partial charge in [-0.3, -0.25) is 4.98 Å². The maximum Gasteiger partial charge on any atom is 0.0312 e. The van der Waals surface area contributed by atoms with Gasteiger partial charge >= 0.3 is 0 Å². The van der Waals surface area contributed by atoms with Crippen LogP contribution in [0, 0.1) is 6.92 Å². The molecule has 2 nitrogen and oxygen atoms in total. The Morgan fingerprint density at radius 1 is 1.18 bits per heavy atom. The summed E-state index contributed by atoms with van der Waals surface area (Å²) in [4.78, 5) is 4.11. The van der Waals surface area contributed by atoms with E-state index in [-0.39, 0.29) is 0 Å². The van der Waals surface area contributed by atoms with E-state index >= 15 is 0 Å². The van der Waals surface area contributed by atoms with E-state index < -0.39 is 0 Å². The van der Waals surface area contributed by atoms with Crippen LogP contribution in [-0.2, 0) is 6.54 Å². The number of rotatable bonds is 4. The summed E-state index contributed by atoms with van der Waals surface area (Å²) in [6.45, 7) is 5.14. The first-order valence-corrected chi connectivity index (χ1v) is 5.94. The molecule has 1 atom stereocenters. The van der Waals surface area contributed by atoms with Crippen LogP contribution in [0.15, 0.2) is 48.8 Å². The van der Waals surface area contributed by atoms with Crippen molar-refractivity contribution in [2.75, 3.05) is 0 Å². The van der Waals surface area contributed by atoms with Crippen LogP contribution in [0.3, 0.4) is 0 Å². The molecular weight excluding hydrogens is 208 g/mol. The molecule has 0 saturated carbocycles. The molecule has 0 aliphatic carbocycles. The Labute approximate surface area is 103 Å². The van der Waals surface area contributed by atoms with Gasteiger partial charge in [0.1, 0.15) is 0 Å². The van der Waals surface area contributed by atoms with Crippen molar-refractivity contribution in [3.63, 3.8) is 0 Å². The van der Waals surface area contributed by atoms with Crippen molar-refractivity contribution >= 4 is 0 Å². The van der Waals surface area contributed by atoms with Crippen LogP contribution in [0.1, 0.15) is 29.7 Å². The second-order valence-electron chi connectivity index (χ2n) is 4.37. The van der Waals surface area contributed by atoms with E-state index in [2.05, 4.69) is 54.5 Å². The summed E-state index contributed by atoms with van der Waals surface area (Å²) >= 11 is 0. The minimum Gasteiger partial charge on any atom is -0.306 e. The van der Waals surface area contributed by atoms with Gasteiger partial charge in [0.05, 0.1) is 0 Å². The van der Waals surface area contributed by atoms with E-state index in [0.29, 0.717) is 6.04 Å². The van der Waals surface area contributed by atoms with Crippen LogP contribution in [0.2, 0.25) is 0 Å². The number of hydrogen-bond donors (Lipinski definition) is 1. The molecular formula is C15H18N2. The van der Waals surface area contributed by atoms with E-state index in [9.17, 15) is 0 Å². The Morgan fingerprint density at radius 3 is 2.59 bits per heavy atom. The minimum atomic E-state index is 0.357. The highest BCUT2D eigenvalue weighted by Gasteiger charge is 2.03. The van der Waals surface area contributed by atoms with Gasteiger partial charge in [0.2, 0.25) is 0 Å². The van der Waals surface area contributed by atoms with Gasteiger partial charge in [0.25, 0.3) is 0 Å². The summed E-state index contributed by atoms with van der Waals surface area (Å²) in [7, 11) is 0. The number of aryl methyl sites for hydroxylation is 1. The van der Waals surface area contributed by atoms with Crippen molar-refractivity contribution in [2.45, 2.75) is 26.4 Å². The predicted octanol–water partition coefficient (Wildman–Crippen LogP) is 3.24. The topological polar surface area (TPSA) is 24.9 Å². The van der Waals surface area contributed by atoms with Crippen LogP contribution in [0.5, 0.6) is 0 Å². The molecule has 0 amide bonds. The quantitative estimate of drug-likeness (QED) is 0.865. The maximum absolute atomic E-state index is 4.11. The van der Waals surface area contributed by atoms with Crippen LogP contribution in [0.25, 0.3) is 0 Å². The molecule has 17 heavy (non-hydrogen) atoms. The third kappa shape index (κ3) is 3.40. The first-order valence-electron chi connectivity index (χ1n) is 5.94. The third-order valence-corrected chi connectivity index (χ3v) is 2.91. The Balaban J connectivity index is 1.93. The highest BCUT2D eigenvalue weighted by Crippen LogP contribution is 2.13. The zero-order valence-corrected chi connectivity index (χ0v) is 10.4. The smallest absolute Gasteiger partial charge is 0.0312 e. The molecule has 1 aromatic carbocycles. The number of hydrogen-bond acceptors (Lipinski definition) is 2. The zero-order chi connectivity index (χ0) is 12.1. The first kappa shape index (κ1) is 11.8. The van der Waals surface area contributed by atoms with Gasteiger partial charge in [-0.2, -0.15) is 0 Å². The summed E-state index contributed by atoms with van der Waals surface area (Å²) < 4.78 is 0. The average molecular weight is 226 g/mol. The number of nitrogens with one attached hydrogen (secondary N) is 1. The molecule has 0 spiro atoms. The number of aromatic nitrogens is 1. The highest BCUT2D eigenvalue weighted by molar-refractivity contribution is 5.23. The van der Waals surface area contributed by atoms with E-state index in [1.54, 1.807) is 6.20 Å². The fourth-order valence-electron chi connectivity index (χ4n) is 1.75. The lowest BCUT2D eigenvalue weighted by molar-refractivity contribution is 0.574. The van der Waals surface area contributed by atoms with Gasteiger partial charge in [-0.25, -0.2) is 0 Å². The molecule has 0 unspecified atom stereocenters. The van der Waals surface area contributed by atoms with Crippen LogP contribution in [-0.4, -0.2) is 4.98 Å². The standard InChI is InChI=1S/C15H18N2/c1-12-5-7-15(8-6-12)13(2)17-11-14-4-3-9-16-10-14/h3-10,13,17H,11H2,1-2H3/t13-/m1/s1. The molecule has 2 rings (SSSR count). The van der Waals surface area contributed by atoms with Gasteiger partial charge in [-0.15, -0.1) is 0 Å². The van der Waals surface area contributed by atoms with Crippen LogP contribution < -0.4 is 5.32 Å². The first-order chi connectivity index (χ1) is 8.25. The molecule has 1 N–H and O–H groups in total. The van der Waals surface area contributed by atoms with Crippen molar-refractivity contribution in [1.29, 1.82) is 0 Å². The third-order valence-electron chi connectivity index (χ3n) is 2.91. The molecule has 2 aromatic rings. The normalized spacial score (nSPS) is 12.4. The molecule has 88 valence electrons. The lowest BCUT2D eigenvalue weighted by Crippen LogP contribution is -2.18. The van der Waals surface area contributed by atoms with Gasteiger partial charge in [-0.05, 0) is 31.0 Å². The Kier molecular flexibility index (Phi) is 3.89. The number of nitrogens with zero attached hydrogens (tertiary/aromatic N) is 1. The largest absolute Gasteiger partial charge is 0.306 e. The van der Waals surface area contributed by atoms with E-state index in [1.807, 2.05) is 12.3 Å². The summed E-state index contributed by atoms with van der Waals surface area (Å²) in [6.07, 6.45) is 3.70. The summed E-state index contributed by atoms with van der Waals surface area (Å²) in [6, 6.07) is 13.1. The average Bonchev–Trinajstić information content (AvgIpc) is 2.38. The van der Waals surface area contributed by atoms with Crippen molar-refractivity contribution in [3.8, 4) is 0 Å². The summed E-state index contributed by atoms with van der Waals surface area (Å²) in [5.41, 5.74) is 3.83. The molecule has 2 heteroatoms. The van der Waals surface area contributed by atoms with Gasteiger partial charge < -0.3 is 5.32 Å². The second-order valence-corrected chi connectivity index (χ2v) is 4.37. The van der Waals surface area contributed by atoms with Crippen molar-refractivity contribution in [3.05, 3.63) is 65.5 Å². The summed E-state index contributed by atoms with van der Waals surface area (Å²) in [5, 5.41) is 3.49. The molecule has 1 aromatic heterocycles. The highest BCUT2D eigenvalue weighted by atomic mass is 14.9. The molecule has 0 saturated heterocycles. The Morgan fingerprint density at radius 2 is 1.94 bits per heavy atom. The molecule has 1 heterocycles. The molecule has 0 radical (unpaired) electrons. The van der Waals surface area contributed by atoms with Crippen LogP contribution >= 0.6 is 0 Å². The maximum atomic E-state index is 4.11. The minimum absolute atomic E-state index is 0.357. The lowest BCUT2D eigenvalue weighted by Gasteiger charge is -2.14. The molecule has 0 bridgehead atoms.